The van der Waals surface area contributed by atoms with Crippen molar-refractivity contribution >= 4 is 17.4 Å². The number of rotatable bonds is 8. The Morgan fingerprint density at radius 2 is 2.00 bits per heavy atom. The Morgan fingerprint density at radius 3 is 2.71 bits per heavy atom. The van der Waals surface area contributed by atoms with Crippen molar-refractivity contribution < 1.29 is 18.0 Å². The summed E-state index contributed by atoms with van der Waals surface area (Å²) in [5.41, 5.74) is 0.270. The van der Waals surface area contributed by atoms with Gasteiger partial charge in [0, 0.05) is 48.4 Å². The van der Waals surface area contributed by atoms with Crippen LogP contribution in [0.25, 0.3) is 0 Å². The summed E-state index contributed by atoms with van der Waals surface area (Å²) in [6.45, 7) is 0.258. The number of pyridine rings is 1. The lowest BCUT2D eigenvalue weighted by atomic mass is 9.77. The van der Waals surface area contributed by atoms with Gasteiger partial charge in [-0.25, -0.2) is 13.8 Å². The van der Waals surface area contributed by atoms with Crippen LogP contribution in [0.5, 0.6) is 0 Å². The quantitative estimate of drug-likeness (QED) is 0.359. The minimum absolute atomic E-state index is 0.0657. The van der Waals surface area contributed by atoms with Crippen LogP contribution in [0.15, 0.2) is 42.7 Å². The van der Waals surface area contributed by atoms with E-state index in [9.17, 15) is 23.2 Å². The van der Waals surface area contributed by atoms with Crippen LogP contribution in [0.2, 0.25) is 0 Å². The number of amides is 1. The number of aromatic nitrogens is 3. The third-order valence-corrected chi connectivity index (χ3v) is 6.21. The highest BCUT2D eigenvalue weighted by Gasteiger charge is 2.37. The molecule has 11 heteroatoms. The number of nitrogens with zero attached hydrogens (tertiary/aromatic N) is 3. The second-order valence-corrected chi connectivity index (χ2v) is 8.60. The lowest BCUT2D eigenvalue weighted by molar-refractivity contribution is 0.0861. The highest BCUT2D eigenvalue weighted by Crippen LogP contribution is 2.32. The fourth-order valence-corrected chi connectivity index (χ4v) is 4.27. The maximum atomic E-state index is 13.9. The summed E-state index contributed by atoms with van der Waals surface area (Å²) < 4.78 is 40.4. The van der Waals surface area contributed by atoms with E-state index >= 15 is 0 Å². The van der Waals surface area contributed by atoms with Gasteiger partial charge in [0.25, 0.3) is 5.91 Å². The lowest BCUT2D eigenvalue weighted by Crippen LogP contribution is -2.52. The number of hydrogen-bond acceptors (Lipinski definition) is 6. The number of carbonyl (C=O) groups excluding carboxylic acids is 1. The Hall–Kier alpha value is -3.91. The maximum absolute atomic E-state index is 13.9. The number of carbonyl (C=O) groups is 1. The predicted molar refractivity (Wildman–Crippen MR) is 122 cm³/mol. The van der Waals surface area contributed by atoms with E-state index < -0.39 is 29.0 Å². The Balaban J connectivity index is 1.38. The standard InChI is InChI=1S/C24H24F3N7O/c25-16-2-1-15(20(26)11-16)13-30-17-3-6-24(7-4-17,8-9-28)33-23(35)19-14-31-34-22(19)32-18-5-10-29-21(27)12-18/h1-2,5,10-12,14,17,30H,3-4,6-8,13H2,(H,33,35)(H2,29,31,32,34). The van der Waals surface area contributed by atoms with Crippen LogP contribution in [-0.4, -0.2) is 32.7 Å². The Bertz CT molecular complexity index is 1230. The van der Waals surface area contributed by atoms with Gasteiger partial charge < -0.3 is 16.0 Å². The van der Waals surface area contributed by atoms with Gasteiger partial charge in [-0.15, -0.1) is 0 Å². The van der Waals surface area contributed by atoms with Crippen LogP contribution in [0.3, 0.4) is 0 Å². The van der Waals surface area contributed by atoms with Crippen molar-refractivity contribution in [1.29, 1.82) is 5.26 Å². The molecule has 0 aliphatic heterocycles. The van der Waals surface area contributed by atoms with E-state index in [4.69, 9.17) is 0 Å². The highest BCUT2D eigenvalue weighted by atomic mass is 19.1. The van der Waals surface area contributed by atoms with Crippen molar-refractivity contribution in [1.82, 2.24) is 25.8 Å². The molecule has 1 aromatic carbocycles. The number of nitrogens with one attached hydrogen (secondary N) is 4. The molecule has 0 unspecified atom stereocenters. The van der Waals surface area contributed by atoms with E-state index in [2.05, 4.69) is 37.2 Å². The van der Waals surface area contributed by atoms with Gasteiger partial charge >= 0.3 is 0 Å². The average molecular weight is 483 g/mol. The molecule has 182 valence electrons. The molecule has 0 bridgehead atoms. The first-order chi connectivity index (χ1) is 16.9. The zero-order valence-corrected chi connectivity index (χ0v) is 18.7. The van der Waals surface area contributed by atoms with Crippen molar-refractivity contribution in [2.45, 2.75) is 50.2 Å². The first-order valence-corrected chi connectivity index (χ1v) is 11.2. The van der Waals surface area contributed by atoms with E-state index in [1.54, 1.807) is 6.07 Å². The summed E-state index contributed by atoms with van der Waals surface area (Å²) in [6.07, 6.45) is 5.28. The highest BCUT2D eigenvalue weighted by molar-refractivity contribution is 5.99. The summed E-state index contributed by atoms with van der Waals surface area (Å²) in [5, 5.41) is 25.3. The van der Waals surface area contributed by atoms with Gasteiger partial charge in [-0.1, -0.05) is 6.07 Å². The molecule has 1 aliphatic carbocycles. The minimum Gasteiger partial charge on any atom is -0.345 e. The molecule has 4 rings (SSSR count). The normalized spacial score (nSPS) is 19.7. The monoisotopic (exact) mass is 483 g/mol. The zero-order valence-electron chi connectivity index (χ0n) is 18.7. The summed E-state index contributed by atoms with van der Waals surface area (Å²) >= 11 is 0. The largest absolute Gasteiger partial charge is 0.345 e. The Morgan fingerprint density at radius 1 is 1.20 bits per heavy atom. The van der Waals surface area contributed by atoms with Crippen LogP contribution in [0, 0.1) is 28.9 Å². The van der Waals surface area contributed by atoms with Gasteiger partial charge in [-0.3, -0.25) is 9.89 Å². The van der Waals surface area contributed by atoms with Crippen LogP contribution >= 0.6 is 0 Å². The third kappa shape index (κ3) is 5.96. The van der Waals surface area contributed by atoms with E-state index in [1.165, 1.54) is 30.6 Å². The average Bonchev–Trinajstić information content (AvgIpc) is 3.28. The van der Waals surface area contributed by atoms with Crippen LogP contribution in [0.4, 0.5) is 24.7 Å². The molecule has 0 radical (unpaired) electrons. The molecule has 0 saturated heterocycles. The summed E-state index contributed by atoms with van der Waals surface area (Å²) in [4.78, 5) is 16.6. The van der Waals surface area contributed by atoms with Gasteiger partial charge in [0.1, 0.15) is 17.2 Å². The van der Waals surface area contributed by atoms with Crippen LogP contribution < -0.4 is 16.0 Å². The molecule has 4 N–H and O–H groups in total. The number of hydrogen-bond donors (Lipinski definition) is 4. The molecule has 8 nitrogen and oxygen atoms in total. The molecule has 1 amide bonds. The topological polar surface area (TPSA) is 119 Å². The van der Waals surface area contributed by atoms with Gasteiger partial charge in [0.2, 0.25) is 5.95 Å². The van der Waals surface area contributed by atoms with Crippen LogP contribution in [-0.2, 0) is 6.54 Å². The SMILES string of the molecule is N#CCC1(NC(=O)c2c[nH]nc2Nc2ccnc(F)c2)CCC(NCc2ccc(F)cc2F)CC1. The molecule has 1 saturated carbocycles. The summed E-state index contributed by atoms with van der Waals surface area (Å²) in [5.74, 6) is -2.08. The number of aromatic amines is 1. The molecule has 1 fully saturated rings. The molecule has 35 heavy (non-hydrogen) atoms. The predicted octanol–water partition coefficient (Wildman–Crippen LogP) is 4.08. The van der Waals surface area contributed by atoms with Crippen molar-refractivity contribution in [3.05, 3.63) is 71.4 Å². The number of H-pyrrole nitrogens is 1. The van der Waals surface area contributed by atoms with E-state index in [-0.39, 0.29) is 30.4 Å². The first kappa shape index (κ1) is 24.2. The second kappa shape index (κ2) is 10.6. The Labute approximate surface area is 200 Å². The smallest absolute Gasteiger partial charge is 0.257 e. The zero-order chi connectivity index (χ0) is 24.8. The number of anilines is 2. The second-order valence-electron chi connectivity index (χ2n) is 8.60. The molecular formula is C24H24F3N7O. The Kier molecular flexibility index (Phi) is 7.31. The maximum Gasteiger partial charge on any atom is 0.257 e. The fraction of sp³-hybridized carbons (Fsp3) is 0.333. The van der Waals surface area contributed by atoms with E-state index in [0.29, 0.717) is 36.9 Å². The van der Waals surface area contributed by atoms with E-state index in [0.717, 1.165) is 6.07 Å². The van der Waals surface area contributed by atoms with Gasteiger partial charge in [-0.2, -0.15) is 14.8 Å². The van der Waals surface area contributed by atoms with Gasteiger partial charge in [0.05, 0.1) is 18.0 Å². The van der Waals surface area contributed by atoms with Crippen molar-refractivity contribution in [2.75, 3.05) is 5.32 Å². The molecule has 2 aromatic heterocycles. The van der Waals surface area contributed by atoms with Crippen molar-refractivity contribution in [2.24, 2.45) is 0 Å². The van der Waals surface area contributed by atoms with Gasteiger partial charge in [-0.05, 0) is 37.8 Å². The van der Waals surface area contributed by atoms with Crippen molar-refractivity contribution in [3.8, 4) is 6.07 Å². The molecule has 1 aliphatic rings. The number of nitriles is 1. The van der Waals surface area contributed by atoms with Crippen molar-refractivity contribution in [3.63, 3.8) is 0 Å². The number of benzene rings is 1. The molecule has 0 spiro atoms. The molecule has 2 heterocycles. The molecule has 0 atom stereocenters. The van der Waals surface area contributed by atoms with Crippen LogP contribution in [0.1, 0.15) is 48.0 Å². The summed E-state index contributed by atoms with van der Waals surface area (Å²) in [6, 6.07) is 8.45. The lowest BCUT2D eigenvalue weighted by Gasteiger charge is -2.39. The first-order valence-electron chi connectivity index (χ1n) is 11.2. The van der Waals surface area contributed by atoms with E-state index in [1.807, 2.05) is 0 Å². The van der Waals surface area contributed by atoms with Gasteiger partial charge in [0.15, 0.2) is 5.82 Å². The summed E-state index contributed by atoms with van der Waals surface area (Å²) in [7, 11) is 0. The molecule has 3 aromatic rings. The fourth-order valence-electron chi connectivity index (χ4n) is 4.27. The molecular weight excluding hydrogens is 459 g/mol. The minimum atomic E-state index is -0.720. The number of halogens is 3. The third-order valence-electron chi connectivity index (χ3n) is 6.21.